The second kappa shape index (κ2) is 9.91. The Kier molecular flexibility index (Phi) is 7.70. The molecule has 6 nitrogen and oxygen atoms in total. The molecule has 2 aliphatic rings. The van der Waals surface area contributed by atoms with Crippen LogP contribution >= 0.6 is 0 Å². The number of carbonyl (C=O) groups is 1. The lowest BCUT2D eigenvalue weighted by Crippen LogP contribution is -2.52. The summed E-state index contributed by atoms with van der Waals surface area (Å²) in [5.74, 6) is 0. The van der Waals surface area contributed by atoms with E-state index in [2.05, 4.69) is 4.74 Å². The van der Waals surface area contributed by atoms with Gasteiger partial charge in [-0.3, -0.25) is 4.90 Å². The molecule has 0 aromatic heterocycles. The predicted octanol–water partition coefficient (Wildman–Crippen LogP) is 4.02. The Bertz CT molecular complexity index is 883. The molecule has 2 heterocycles. The maximum atomic E-state index is 13.7. The summed E-state index contributed by atoms with van der Waals surface area (Å²) in [7, 11) is 0. The van der Waals surface area contributed by atoms with E-state index in [1.807, 2.05) is 0 Å². The fourth-order valence-electron chi connectivity index (χ4n) is 4.07. The zero-order valence-corrected chi connectivity index (χ0v) is 18.1. The van der Waals surface area contributed by atoms with Crippen molar-refractivity contribution in [3.8, 4) is 0 Å². The number of nitrogens with zero attached hydrogens (tertiary/aromatic N) is 3. The fourth-order valence-corrected chi connectivity index (χ4v) is 4.07. The molecule has 1 aromatic carbocycles. The number of amides is 1. The maximum Gasteiger partial charge on any atom is 0.434 e. The molecule has 35 heavy (non-hydrogen) atoms. The minimum absolute atomic E-state index is 0.0701. The predicted molar refractivity (Wildman–Crippen MR) is 104 cm³/mol. The van der Waals surface area contributed by atoms with Gasteiger partial charge >= 0.3 is 24.6 Å². The van der Waals surface area contributed by atoms with E-state index >= 15 is 0 Å². The summed E-state index contributed by atoms with van der Waals surface area (Å²) >= 11 is 0. The molecule has 1 amide bonds. The van der Waals surface area contributed by atoms with Gasteiger partial charge in [-0.1, -0.05) is 6.07 Å². The lowest BCUT2D eigenvalue weighted by atomic mass is 10.0. The molecule has 198 valence electrons. The summed E-state index contributed by atoms with van der Waals surface area (Å²) in [6, 6.07) is 3.65. The molecule has 1 N–H and O–H groups in total. The number of anilines is 1. The molecule has 0 radical (unpaired) electrons. The van der Waals surface area contributed by atoms with Crippen molar-refractivity contribution in [1.82, 2.24) is 9.80 Å². The molecule has 0 spiro atoms. The Morgan fingerprint density at radius 2 is 1.57 bits per heavy atom. The van der Waals surface area contributed by atoms with E-state index in [0.29, 0.717) is 17.9 Å². The van der Waals surface area contributed by atoms with Gasteiger partial charge in [-0.15, -0.1) is 0 Å². The number of halogens is 9. The van der Waals surface area contributed by atoms with Crippen LogP contribution in [0.25, 0.3) is 0 Å². The molecule has 0 bridgehead atoms. The summed E-state index contributed by atoms with van der Waals surface area (Å²) in [6.45, 7) is -0.630. The second-order valence-electron chi connectivity index (χ2n) is 8.30. The molecule has 1 atom stereocenters. The van der Waals surface area contributed by atoms with E-state index in [-0.39, 0.29) is 50.5 Å². The Labute approximate surface area is 193 Å². The van der Waals surface area contributed by atoms with Crippen LogP contribution < -0.4 is 4.90 Å². The van der Waals surface area contributed by atoms with Crippen LogP contribution in [0.3, 0.4) is 0 Å². The first-order chi connectivity index (χ1) is 16.1. The number of rotatable bonds is 4. The fraction of sp³-hybridized carbons (Fsp3) is 0.650. The first-order valence-electron chi connectivity index (χ1n) is 10.5. The highest BCUT2D eigenvalue weighted by atomic mass is 19.4. The first kappa shape index (κ1) is 27.2. The number of aliphatic hydroxyl groups is 1. The minimum atomic E-state index is -5.85. The third kappa shape index (κ3) is 6.63. The van der Waals surface area contributed by atoms with Crippen LogP contribution in [-0.4, -0.2) is 84.8 Å². The third-order valence-corrected chi connectivity index (χ3v) is 5.79. The molecule has 0 unspecified atom stereocenters. The quantitative estimate of drug-likeness (QED) is 0.605. The number of aliphatic hydroxyl groups excluding tert-OH is 1. The average Bonchev–Trinajstić information content (AvgIpc) is 3.16. The van der Waals surface area contributed by atoms with Crippen molar-refractivity contribution in [2.24, 2.45) is 0 Å². The zero-order chi connectivity index (χ0) is 26.2. The summed E-state index contributed by atoms with van der Waals surface area (Å²) in [5.41, 5.74) is -0.688. The van der Waals surface area contributed by atoms with Gasteiger partial charge in [0.05, 0.1) is 11.7 Å². The van der Waals surface area contributed by atoms with E-state index in [0.717, 1.165) is 6.07 Å². The van der Waals surface area contributed by atoms with Gasteiger partial charge in [0.15, 0.2) is 0 Å². The van der Waals surface area contributed by atoms with Gasteiger partial charge in [-0.2, -0.15) is 39.5 Å². The second-order valence-corrected chi connectivity index (χ2v) is 8.30. The van der Waals surface area contributed by atoms with E-state index in [4.69, 9.17) is 0 Å². The van der Waals surface area contributed by atoms with Crippen LogP contribution in [0.15, 0.2) is 18.2 Å². The van der Waals surface area contributed by atoms with E-state index in [1.54, 1.807) is 4.90 Å². The number of hydrogen-bond acceptors (Lipinski definition) is 5. The molecule has 2 aliphatic heterocycles. The van der Waals surface area contributed by atoms with E-state index < -0.39 is 42.4 Å². The minimum Gasteiger partial charge on any atom is -0.426 e. The van der Waals surface area contributed by atoms with Gasteiger partial charge in [0.25, 0.3) is 6.10 Å². The van der Waals surface area contributed by atoms with E-state index in [1.165, 1.54) is 17.0 Å². The van der Waals surface area contributed by atoms with Gasteiger partial charge in [-0.05, 0) is 18.6 Å². The Balaban J connectivity index is 1.70. The Morgan fingerprint density at radius 1 is 0.971 bits per heavy atom. The van der Waals surface area contributed by atoms with Gasteiger partial charge in [0, 0.05) is 57.1 Å². The Morgan fingerprint density at radius 3 is 2.06 bits per heavy atom. The Hall–Kier alpha value is -2.42. The number of ether oxygens (including phenoxy) is 1. The van der Waals surface area contributed by atoms with Crippen LogP contribution in [0.1, 0.15) is 17.5 Å². The van der Waals surface area contributed by atoms with Crippen molar-refractivity contribution in [1.29, 1.82) is 0 Å². The van der Waals surface area contributed by atoms with Crippen LogP contribution in [0.5, 0.6) is 0 Å². The molecule has 2 saturated heterocycles. The maximum absolute atomic E-state index is 13.7. The standard InChI is InChI=1S/C20H22F9N3O3/c21-18(22,23)14-2-1-3-15(32-5-4-12(33)10-32)13(14)11-30-6-8-31(9-7-30)17(34)35-16(19(24,25)26)20(27,28)29/h1-3,12,16,33H,4-11H2/t12-/m0/s1. The number of carbonyl (C=O) groups excluding carboxylic acids is 1. The number of alkyl halides is 9. The molecule has 3 rings (SSSR count). The number of benzene rings is 1. The number of β-amino-alcohol motifs (C(OH)–C–C–N with tert-alkyl or cyclic N) is 1. The SMILES string of the molecule is O=C(OC(C(F)(F)F)C(F)(F)F)N1CCN(Cc2c(N3CC[C@H](O)C3)cccc2C(F)(F)F)CC1. The van der Waals surface area contributed by atoms with Crippen molar-refractivity contribution >= 4 is 11.8 Å². The van der Waals surface area contributed by atoms with Crippen molar-refractivity contribution in [3.63, 3.8) is 0 Å². The molecule has 15 heteroatoms. The average molecular weight is 523 g/mol. The van der Waals surface area contributed by atoms with Gasteiger partial charge in [0.2, 0.25) is 0 Å². The van der Waals surface area contributed by atoms with Crippen LogP contribution in [0.4, 0.5) is 50.0 Å². The van der Waals surface area contributed by atoms with Crippen LogP contribution in [0, 0.1) is 0 Å². The first-order valence-corrected chi connectivity index (χ1v) is 10.5. The largest absolute Gasteiger partial charge is 0.434 e. The third-order valence-electron chi connectivity index (χ3n) is 5.79. The topological polar surface area (TPSA) is 56.2 Å². The molecule has 1 aromatic rings. The molecular weight excluding hydrogens is 501 g/mol. The zero-order valence-electron chi connectivity index (χ0n) is 18.1. The lowest BCUT2D eigenvalue weighted by Gasteiger charge is -2.36. The smallest absolute Gasteiger partial charge is 0.426 e. The highest BCUT2D eigenvalue weighted by Gasteiger charge is 2.60. The van der Waals surface area contributed by atoms with Crippen molar-refractivity contribution in [2.45, 2.75) is 43.7 Å². The summed E-state index contributed by atoms with van der Waals surface area (Å²) in [4.78, 5) is 15.7. The molecule has 2 fully saturated rings. The van der Waals surface area contributed by atoms with Gasteiger partial charge < -0.3 is 19.6 Å². The van der Waals surface area contributed by atoms with Crippen LogP contribution in [-0.2, 0) is 17.5 Å². The molecule has 0 saturated carbocycles. The van der Waals surface area contributed by atoms with Gasteiger partial charge in [0.1, 0.15) is 0 Å². The normalized spacial score (nSPS) is 20.6. The van der Waals surface area contributed by atoms with Crippen molar-refractivity contribution in [2.75, 3.05) is 44.2 Å². The lowest BCUT2D eigenvalue weighted by molar-refractivity contribution is -0.308. The number of hydrogen-bond donors (Lipinski definition) is 1. The summed E-state index contributed by atoms with van der Waals surface area (Å²) < 4.78 is 121. The number of piperazine rings is 1. The van der Waals surface area contributed by atoms with Crippen molar-refractivity contribution < 1.29 is 54.2 Å². The summed E-state index contributed by atoms with van der Waals surface area (Å²) in [6.07, 6.45) is -22.8. The van der Waals surface area contributed by atoms with Crippen molar-refractivity contribution in [3.05, 3.63) is 29.3 Å². The summed E-state index contributed by atoms with van der Waals surface area (Å²) in [5, 5.41) is 9.78. The highest BCUT2D eigenvalue weighted by Crippen LogP contribution is 2.39. The van der Waals surface area contributed by atoms with Crippen LogP contribution in [0.2, 0.25) is 0 Å². The van der Waals surface area contributed by atoms with E-state index in [9.17, 15) is 49.4 Å². The molecule has 0 aliphatic carbocycles. The highest BCUT2D eigenvalue weighted by molar-refractivity contribution is 5.68. The molecular formula is C20H22F9N3O3. The monoisotopic (exact) mass is 523 g/mol. The van der Waals surface area contributed by atoms with Gasteiger partial charge in [-0.25, -0.2) is 4.79 Å².